The van der Waals surface area contributed by atoms with Gasteiger partial charge in [0.1, 0.15) is 12.4 Å². The van der Waals surface area contributed by atoms with Crippen LogP contribution < -0.4 is 4.74 Å². The van der Waals surface area contributed by atoms with Crippen LogP contribution in [-0.4, -0.2) is 5.78 Å². The van der Waals surface area contributed by atoms with Gasteiger partial charge in [-0.2, -0.15) is 0 Å². The van der Waals surface area contributed by atoms with Gasteiger partial charge in [-0.3, -0.25) is 4.79 Å². The van der Waals surface area contributed by atoms with Crippen LogP contribution in [0.2, 0.25) is 10.0 Å². The Morgan fingerprint density at radius 1 is 1.00 bits per heavy atom. The second-order valence-corrected chi connectivity index (χ2v) is 5.95. The molecular formula is C17H14Cl2O2. The predicted molar refractivity (Wildman–Crippen MR) is 84.5 cm³/mol. The SMILES string of the molecule is O=C1CCCc2cc(OCc3ccc(Cl)c(Cl)c3)ccc21. The molecule has 0 aliphatic heterocycles. The van der Waals surface area contributed by atoms with E-state index in [0.29, 0.717) is 23.1 Å². The second kappa shape index (κ2) is 6.08. The van der Waals surface area contributed by atoms with Gasteiger partial charge in [0.05, 0.1) is 10.0 Å². The Balaban J connectivity index is 1.73. The zero-order valence-electron chi connectivity index (χ0n) is 11.4. The van der Waals surface area contributed by atoms with Crippen LogP contribution in [0.1, 0.15) is 34.3 Å². The summed E-state index contributed by atoms with van der Waals surface area (Å²) in [4.78, 5) is 11.8. The van der Waals surface area contributed by atoms with E-state index in [1.807, 2.05) is 24.3 Å². The molecule has 1 aliphatic rings. The molecule has 0 heterocycles. The lowest BCUT2D eigenvalue weighted by Gasteiger charge is -2.16. The number of rotatable bonds is 3. The van der Waals surface area contributed by atoms with Gasteiger partial charge in [-0.1, -0.05) is 29.3 Å². The van der Waals surface area contributed by atoms with Crippen LogP contribution in [-0.2, 0) is 13.0 Å². The van der Waals surface area contributed by atoms with E-state index in [9.17, 15) is 4.79 Å². The molecule has 0 aromatic heterocycles. The third-order valence-corrected chi connectivity index (χ3v) is 4.36. The summed E-state index contributed by atoms with van der Waals surface area (Å²) in [7, 11) is 0. The van der Waals surface area contributed by atoms with Crippen molar-refractivity contribution in [3.05, 3.63) is 63.1 Å². The Morgan fingerprint density at radius 2 is 1.86 bits per heavy atom. The van der Waals surface area contributed by atoms with Gasteiger partial charge in [-0.15, -0.1) is 0 Å². The third-order valence-electron chi connectivity index (χ3n) is 3.62. The highest BCUT2D eigenvalue weighted by Gasteiger charge is 2.17. The molecule has 3 rings (SSSR count). The lowest BCUT2D eigenvalue weighted by molar-refractivity contribution is 0.0972. The van der Waals surface area contributed by atoms with Crippen molar-refractivity contribution < 1.29 is 9.53 Å². The van der Waals surface area contributed by atoms with E-state index in [4.69, 9.17) is 27.9 Å². The van der Waals surface area contributed by atoms with Crippen LogP contribution in [0, 0.1) is 0 Å². The van der Waals surface area contributed by atoms with Crippen molar-refractivity contribution in [1.82, 2.24) is 0 Å². The Labute approximate surface area is 133 Å². The number of hydrogen-bond donors (Lipinski definition) is 0. The minimum Gasteiger partial charge on any atom is -0.489 e. The minimum absolute atomic E-state index is 0.229. The molecular weight excluding hydrogens is 307 g/mol. The van der Waals surface area contributed by atoms with Gasteiger partial charge in [0.15, 0.2) is 5.78 Å². The number of carbonyl (C=O) groups excluding carboxylic acids is 1. The molecule has 0 saturated carbocycles. The number of Topliss-reactive ketones (excluding diaryl/α,β-unsaturated/α-hetero) is 1. The molecule has 1 aliphatic carbocycles. The summed E-state index contributed by atoms with van der Waals surface area (Å²) in [6, 6.07) is 11.1. The Kier molecular flexibility index (Phi) is 4.18. The van der Waals surface area contributed by atoms with Gasteiger partial charge in [0, 0.05) is 12.0 Å². The number of benzene rings is 2. The van der Waals surface area contributed by atoms with E-state index >= 15 is 0 Å². The van der Waals surface area contributed by atoms with Gasteiger partial charge < -0.3 is 4.74 Å². The highest BCUT2D eigenvalue weighted by molar-refractivity contribution is 6.42. The third kappa shape index (κ3) is 3.22. The Bertz CT molecular complexity index is 695. The molecule has 4 heteroatoms. The van der Waals surface area contributed by atoms with Gasteiger partial charge >= 0.3 is 0 Å². The van der Waals surface area contributed by atoms with Crippen LogP contribution in [0.5, 0.6) is 5.75 Å². The van der Waals surface area contributed by atoms with Gasteiger partial charge in [-0.25, -0.2) is 0 Å². The molecule has 0 amide bonds. The van der Waals surface area contributed by atoms with E-state index in [0.717, 1.165) is 35.3 Å². The highest BCUT2D eigenvalue weighted by Crippen LogP contribution is 2.27. The smallest absolute Gasteiger partial charge is 0.163 e. The van der Waals surface area contributed by atoms with Crippen LogP contribution in [0.4, 0.5) is 0 Å². The molecule has 0 radical (unpaired) electrons. The van der Waals surface area contributed by atoms with Crippen molar-refractivity contribution >= 4 is 29.0 Å². The monoisotopic (exact) mass is 320 g/mol. The first-order chi connectivity index (χ1) is 10.1. The van der Waals surface area contributed by atoms with Crippen LogP contribution >= 0.6 is 23.2 Å². The number of halogens is 2. The van der Waals surface area contributed by atoms with Crippen molar-refractivity contribution in [2.24, 2.45) is 0 Å². The summed E-state index contributed by atoms with van der Waals surface area (Å²) in [6.07, 6.45) is 2.50. The van der Waals surface area contributed by atoms with E-state index in [1.54, 1.807) is 12.1 Å². The van der Waals surface area contributed by atoms with Gasteiger partial charge in [0.2, 0.25) is 0 Å². The van der Waals surface area contributed by atoms with Crippen molar-refractivity contribution in [3.63, 3.8) is 0 Å². The summed E-state index contributed by atoms with van der Waals surface area (Å²) in [5.74, 6) is 1.00. The standard InChI is InChI=1S/C17H14Cl2O2/c18-15-7-4-11(8-16(15)19)10-21-13-5-6-14-12(9-13)2-1-3-17(14)20/h4-9H,1-3,10H2. The lowest BCUT2D eigenvalue weighted by atomic mass is 9.90. The molecule has 2 nitrogen and oxygen atoms in total. The maximum atomic E-state index is 11.8. The lowest BCUT2D eigenvalue weighted by Crippen LogP contribution is -2.10. The van der Waals surface area contributed by atoms with Crippen LogP contribution in [0.15, 0.2) is 36.4 Å². The summed E-state index contributed by atoms with van der Waals surface area (Å²) >= 11 is 11.9. The zero-order chi connectivity index (χ0) is 14.8. The normalized spacial score (nSPS) is 13.9. The number of fused-ring (bicyclic) bond motifs is 1. The number of ether oxygens (including phenoxy) is 1. The fourth-order valence-corrected chi connectivity index (χ4v) is 2.83. The largest absolute Gasteiger partial charge is 0.489 e. The van der Waals surface area contributed by atoms with Crippen molar-refractivity contribution in [2.45, 2.75) is 25.9 Å². The molecule has 0 atom stereocenters. The van der Waals surface area contributed by atoms with Crippen molar-refractivity contribution in [1.29, 1.82) is 0 Å². The van der Waals surface area contributed by atoms with Gasteiger partial charge in [0.25, 0.3) is 0 Å². The first kappa shape index (κ1) is 14.4. The van der Waals surface area contributed by atoms with E-state index in [-0.39, 0.29) is 5.78 Å². The van der Waals surface area contributed by atoms with Crippen LogP contribution in [0.3, 0.4) is 0 Å². The zero-order valence-corrected chi connectivity index (χ0v) is 12.9. The van der Waals surface area contributed by atoms with Crippen molar-refractivity contribution in [2.75, 3.05) is 0 Å². The van der Waals surface area contributed by atoms with Crippen molar-refractivity contribution in [3.8, 4) is 5.75 Å². The molecule has 0 bridgehead atoms. The molecule has 0 unspecified atom stereocenters. The highest BCUT2D eigenvalue weighted by atomic mass is 35.5. The molecule has 0 saturated heterocycles. The molecule has 0 fully saturated rings. The molecule has 0 spiro atoms. The average molecular weight is 321 g/mol. The molecule has 2 aromatic rings. The van der Waals surface area contributed by atoms with E-state index < -0.39 is 0 Å². The van der Waals surface area contributed by atoms with Crippen LogP contribution in [0.25, 0.3) is 0 Å². The Hall–Kier alpha value is -1.51. The number of hydrogen-bond acceptors (Lipinski definition) is 2. The molecule has 108 valence electrons. The number of carbonyl (C=O) groups is 1. The summed E-state index contributed by atoms with van der Waals surface area (Å²) < 4.78 is 5.78. The first-order valence-corrected chi connectivity index (χ1v) is 7.62. The predicted octanol–water partition coefficient (Wildman–Crippen LogP) is 5.09. The fraction of sp³-hybridized carbons (Fsp3) is 0.235. The topological polar surface area (TPSA) is 26.3 Å². The fourth-order valence-electron chi connectivity index (χ4n) is 2.51. The summed E-state index contributed by atoms with van der Waals surface area (Å²) in [5, 5.41) is 1.06. The maximum Gasteiger partial charge on any atom is 0.163 e. The first-order valence-electron chi connectivity index (χ1n) is 6.86. The maximum absolute atomic E-state index is 11.8. The van der Waals surface area contributed by atoms with E-state index in [2.05, 4.69) is 0 Å². The van der Waals surface area contributed by atoms with Gasteiger partial charge in [-0.05, 0) is 54.3 Å². The average Bonchev–Trinajstić information content (AvgIpc) is 2.49. The molecule has 0 N–H and O–H groups in total. The number of ketones is 1. The summed E-state index contributed by atoms with van der Waals surface area (Å²) in [5.41, 5.74) is 2.87. The second-order valence-electron chi connectivity index (χ2n) is 5.13. The summed E-state index contributed by atoms with van der Waals surface area (Å²) in [6.45, 7) is 0.420. The Morgan fingerprint density at radius 3 is 2.67 bits per heavy atom. The molecule has 21 heavy (non-hydrogen) atoms. The minimum atomic E-state index is 0.229. The number of aryl methyl sites for hydroxylation is 1. The van der Waals surface area contributed by atoms with E-state index in [1.165, 1.54) is 0 Å². The molecule has 2 aromatic carbocycles. The quantitative estimate of drug-likeness (QED) is 0.787.